The number of carboxylic acids is 1. The van der Waals surface area contributed by atoms with Gasteiger partial charge in [0.1, 0.15) is 5.83 Å². The van der Waals surface area contributed by atoms with E-state index in [-0.39, 0.29) is 18.0 Å². The standard InChI is InChI=1S/C10H13FO2S/c1-3-5-6-9(8(11)4-2)14-7-10(12)13/h3,6H,4,7H2,1-2H3,(H,12,13)/b9-8-. The Kier molecular flexibility index (Phi) is 6.89. The molecule has 0 spiro atoms. The second-order valence-electron chi connectivity index (χ2n) is 2.40. The predicted molar refractivity (Wildman–Crippen MR) is 56.8 cm³/mol. The van der Waals surface area contributed by atoms with Crippen molar-refractivity contribution in [1.82, 2.24) is 0 Å². The van der Waals surface area contributed by atoms with Gasteiger partial charge in [-0.15, -0.1) is 17.5 Å². The molecule has 4 heteroatoms. The molecule has 0 saturated heterocycles. The Bertz CT molecular complexity index is 288. The Hall–Kier alpha value is -0.990. The summed E-state index contributed by atoms with van der Waals surface area (Å²) in [5.41, 5.74) is 2.73. The highest BCUT2D eigenvalue weighted by molar-refractivity contribution is 8.03. The molecule has 0 saturated carbocycles. The van der Waals surface area contributed by atoms with E-state index in [9.17, 15) is 9.18 Å². The minimum Gasteiger partial charge on any atom is -0.481 e. The van der Waals surface area contributed by atoms with Crippen molar-refractivity contribution in [3.05, 3.63) is 28.6 Å². The van der Waals surface area contributed by atoms with Crippen LogP contribution >= 0.6 is 11.8 Å². The minimum atomic E-state index is -0.953. The number of aliphatic carboxylic acids is 1. The van der Waals surface area contributed by atoms with Gasteiger partial charge in [-0.2, -0.15) is 0 Å². The third-order valence-corrected chi connectivity index (χ3v) is 2.35. The molecule has 0 rings (SSSR count). The number of hydrogen-bond acceptors (Lipinski definition) is 2. The van der Waals surface area contributed by atoms with E-state index in [0.717, 1.165) is 11.8 Å². The maximum absolute atomic E-state index is 13.2. The Morgan fingerprint density at radius 3 is 2.71 bits per heavy atom. The van der Waals surface area contributed by atoms with Gasteiger partial charge >= 0.3 is 5.97 Å². The molecule has 0 aliphatic rings. The molecule has 0 aliphatic carbocycles. The van der Waals surface area contributed by atoms with Gasteiger partial charge in [0.25, 0.3) is 0 Å². The first-order valence-electron chi connectivity index (χ1n) is 4.22. The fourth-order valence-electron chi connectivity index (χ4n) is 0.671. The molecule has 0 heterocycles. The summed E-state index contributed by atoms with van der Waals surface area (Å²) in [6.45, 7) is 3.44. The molecular formula is C10H13FO2S. The maximum Gasteiger partial charge on any atom is 0.313 e. The van der Waals surface area contributed by atoms with Gasteiger partial charge in [0, 0.05) is 4.91 Å². The van der Waals surface area contributed by atoms with E-state index in [4.69, 9.17) is 5.11 Å². The molecule has 0 atom stereocenters. The van der Waals surface area contributed by atoms with E-state index in [1.165, 1.54) is 6.08 Å². The largest absolute Gasteiger partial charge is 0.481 e. The molecular weight excluding hydrogens is 203 g/mol. The monoisotopic (exact) mass is 216 g/mol. The van der Waals surface area contributed by atoms with Crippen molar-refractivity contribution in [2.75, 3.05) is 5.75 Å². The highest BCUT2D eigenvalue weighted by Gasteiger charge is 2.05. The van der Waals surface area contributed by atoms with E-state index < -0.39 is 5.97 Å². The third kappa shape index (κ3) is 5.62. The molecule has 0 bridgehead atoms. The summed E-state index contributed by atoms with van der Waals surface area (Å²) >= 11 is 0.969. The average Bonchev–Trinajstić information content (AvgIpc) is 2.16. The predicted octanol–water partition coefficient (Wildman–Crippen LogP) is 3.13. The molecule has 0 radical (unpaired) electrons. The highest BCUT2D eigenvalue weighted by atomic mass is 32.2. The lowest BCUT2D eigenvalue weighted by atomic mass is 10.3. The third-order valence-electron chi connectivity index (χ3n) is 1.31. The molecule has 0 aromatic carbocycles. The van der Waals surface area contributed by atoms with Crippen LogP contribution in [-0.4, -0.2) is 16.8 Å². The van der Waals surface area contributed by atoms with Gasteiger partial charge in [-0.3, -0.25) is 4.79 Å². The van der Waals surface area contributed by atoms with Crippen molar-refractivity contribution in [2.45, 2.75) is 20.3 Å². The van der Waals surface area contributed by atoms with Crippen molar-refractivity contribution in [1.29, 1.82) is 0 Å². The quantitative estimate of drug-likeness (QED) is 0.566. The van der Waals surface area contributed by atoms with Crippen LogP contribution in [0.15, 0.2) is 28.6 Å². The number of carbonyl (C=O) groups is 1. The van der Waals surface area contributed by atoms with Gasteiger partial charge in [-0.25, -0.2) is 4.39 Å². The van der Waals surface area contributed by atoms with Gasteiger partial charge < -0.3 is 5.11 Å². The van der Waals surface area contributed by atoms with E-state index in [1.54, 1.807) is 19.9 Å². The molecule has 0 amide bonds. The molecule has 2 nitrogen and oxygen atoms in total. The van der Waals surface area contributed by atoms with E-state index in [1.807, 2.05) is 0 Å². The fraction of sp³-hybridized carbons (Fsp3) is 0.400. The van der Waals surface area contributed by atoms with Crippen LogP contribution in [0.2, 0.25) is 0 Å². The minimum absolute atomic E-state index is 0.134. The molecule has 0 aliphatic heterocycles. The molecule has 1 N–H and O–H groups in total. The maximum atomic E-state index is 13.2. The zero-order valence-electron chi connectivity index (χ0n) is 8.21. The van der Waals surface area contributed by atoms with Crippen LogP contribution in [-0.2, 0) is 4.79 Å². The molecule has 0 fully saturated rings. The molecule has 78 valence electrons. The van der Waals surface area contributed by atoms with Gasteiger partial charge in [0.15, 0.2) is 0 Å². The normalized spacial score (nSPS) is 11.4. The average molecular weight is 216 g/mol. The van der Waals surface area contributed by atoms with Crippen LogP contribution in [0.4, 0.5) is 4.39 Å². The number of allylic oxidation sites excluding steroid dienone is 2. The zero-order valence-corrected chi connectivity index (χ0v) is 9.03. The summed E-state index contributed by atoms with van der Waals surface area (Å²) in [6, 6.07) is 0. The summed E-state index contributed by atoms with van der Waals surface area (Å²) in [5.74, 6) is -1.39. The van der Waals surface area contributed by atoms with Crippen LogP contribution in [0.1, 0.15) is 20.3 Å². The van der Waals surface area contributed by atoms with E-state index >= 15 is 0 Å². The Morgan fingerprint density at radius 2 is 2.29 bits per heavy atom. The first kappa shape index (κ1) is 13.0. The van der Waals surface area contributed by atoms with Crippen molar-refractivity contribution in [3.8, 4) is 0 Å². The number of rotatable bonds is 5. The van der Waals surface area contributed by atoms with Gasteiger partial charge in [0.2, 0.25) is 0 Å². The molecule has 14 heavy (non-hydrogen) atoms. The van der Waals surface area contributed by atoms with Gasteiger partial charge in [-0.05, 0) is 25.5 Å². The van der Waals surface area contributed by atoms with E-state index in [0.29, 0.717) is 4.91 Å². The lowest BCUT2D eigenvalue weighted by Gasteiger charge is -2.00. The fourth-order valence-corrected chi connectivity index (χ4v) is 1.40. The first-order valence-corrected chi connectivity index (χ1v) is 5.20. The van der Waals surface area contributed by atoms with Crippen molar-refractivity contribution >= 4 is 17.7 Å². The SMILES string of the molecule is CC=C=C/C(SCC(=O)O)=C(/F)CC. The topological polar surface area (TPSA) is 37.3 Å². The van der Waals surface area contributed by atoms with Crippen molar-refractivity contribution in [3.63, 3.8) is 0 Å². The summed E-state index contributed by atoms with van der Waals surface area (Å²) in [7, 11) is 0. The number of thioether (sulfide) groups is 1. The Balaban J connectivity index is 4.57. The van der Waals surface area contributed by atoms with Crippen LogP contribution < -0.4 is 0 Å². The van der Waals surface area contributed by atoms with E-state index in [2.05, 4.69) is 5.73 Å². The van der Waals surface area contributed by atoms with Crippen LogP contribution in [0.5, 0.6) is 0 Å². The summed E-state index contributed by atoms with van der Waals surface area (Å²) < 4.78 is 13.2. The summed E-state index contributed by atoms with van der Waals surface area (Å²) in [6.07, 6.45) is 3.38. The Labute approximate surface area is 87.2 Å². The lowest BCUT2D eigenvalue weighted by molar-refractivity contribution is -0.133. The van der Waals surface area contributed by atoms with Crippen LogP contribution in [0, 0.1) is 0 Å². The molecule has 0 unspecified atom stereocenters. The van der Waals surface area contributed by atoms with Gasteiger partial charge in [0.05, 0.1) is 5.75 Å². The smallest absolute Gasteiger partial charge is 0.313 e. The first-order chi connectivity index (χ1) is 6.61. The lowest BCUT2D eigenvalue weighted by Crippen LogP contribution is -1.98. The van der Waals surface area contributed by atoms with Crippen LogP contribution in [0.3, 0.4) is 0 Å². The second kappa shape index (κ2) is 7.42. The van der Waals surface area contributed by atoms with Gasteiger partial charge in [-0.1, -0.05) is 6.92 Å². The summed E-state index contributed by atoms with van der Waals surface area (Å²) in [4.78, 5) is 10.6. The molecule has 0 aromatic rings. The highest BCUT2D eigenvalue weighted by Crippen LogP contribution is 2.23. The zero-order chi connectivity index (χ0) is 11.0. The Morgan fingerprint density at radius 1 is 1.64 bits per heavy atom. The second-order valence-corrected chi connectivity index (χ2v) is 3.42. The molecule has 0 aromatic heterocycles. The number of carboxylic acid groups (broad SMARTS) is 1. The van der Waals surface area contributed by atoms with Crippen molar-refractivity contribution < 1.29 is 14.3 Å². The summed E-state index contributed by atoms with van der Waals surface area (Å²) in [5, 5.41) is 8.43. The van der Waals surface area contributed by atoms with Crippen LogP contribution in [0.25, 0.3) is 0 Å². The van der Waals surface area contributed by atoms with Crippen molar-refractivity contribution in [2.24, 2.45) is 0 Å². The number of halogens is 1. The number of hydrogen-bond donors (Lipinski definition) is 1.